The number of H-pyrrole nitrogens is 1. The van der Waals surface area contributed by atoms with Gasteiger partial charge in [0.05, 0.1) is 5.56 Å². The summed E-state index contributed by atoms with van der Waals surface area (Å²) in [5, 5.41) is 0. The molecule has 1 heterocycles. The van der Waals surface area contributed by atoms with Crippen molar-refractivity contribution < 1.29 is 4.79 Å². The summed E-state index contributed by atoms with van der Waals surface area (Å²) in [6.07, 6.45) is 3.48. The molecule has 1 saturated carbocycles. The topological polar surface area (TPSA) is 79.2 Å². The summed E-state index contributed by atoms with van der Waals surface area (Å²) in [6, 6.07) is 10.9. The van der Waals surface area contributed by atoms with Gasteiger partial charge in [-0.3, -0.25) is 9.59 Å². The summed E-state index contributed by atoms with van der Waals surface area (Å²) in [4.78, 5) is 28.1. The van der Waals surface area contributed by atoms with Crippen molar-refractivity contribution in [2.45, 2.75) is 25.4 Å². The van der Waals surface area contributed by atoms with Crippen molar-refractivity contribution in [3.05, 3.63) is 64.1 Å². The first-order chi connectivity index (χ1) is 10.2. The lowest BCUT2D eigenvalue weighted by Gasteiger charge is -2.22. The van der Waals surface area contributed by atoms with Gasteiger partial charge >= 0.3 is 0 Å². The highest BCUT2D eigenvalue weighted by molar-refractivity contribution is 6.06. The van der Waals surface area contributed by atoms with E-state index in [-0.39, 0.29) is 17.5 Å². The molecule has 108 valence electrons. The van der Waals surface area contributed by atoms with Crippen LogP contribution in [-0.4, -0.2) is 16.9 Å². The van der Waals surface area contributed by atoms with Gasteiger partial charge in [0, 0.05) is 30.5 Å². The molecule has 1 aliphatic rings. The van der Waals surface area contributed by atoms with Crippen molar-refractivity contribution >= 4 is 11.6 Å². The summed E-state index contributed by atoms with van der Waals surface area (Å²) in [5.41, 5.74) is 7.78. The Morgan fingerprint density at radius 3 is 2.43 bits per heavy atom. The summed E-state index contributed by atoms with van der Waals surface area (Å²) < 4.78 is 0. The van der Waals surface area contributed by atoms with Crippen LogP contribution in [0.1, 0.15) is 28.8 Å². The molecular weight excluding hydrogens is 266 g/mol. The normalized spacial score (nSPS) is 14.0. The Morgan fingerprint density at radius 1 is 1.19 bits per heavy atom. The second kappa shape index (κ2) is 5.54. The number of hydrogen-bond acceptors (Lipinski definition) is 3. The number of aromatic amines is 1. The molecule has 5 heteroatoms. The second-order valence-electron chi connectivity index (χ2n) is 5.22. The molecule has 1 amide bonds. The van der Waals surface area contributed by atoms with Gasteiger partial charge in [0.2, 0.25) is 5.56 Å². The number of rotatable bonds is 4. The lowest BCUT2D eigenvalue weighted by Crippen LogP contribution is -2.33. The highest BCUT2D eigenvalue weighted by atomic mass is 16.2. The highest BCUT2D eigenvalue weighted by Gasteiger charge is 2.34. The fourth-order valence-electron chi connectivity index (χ4n) is 2.30. The average molecular weight is 283 g/mol. The molecule has 2 aromatic rings. The molecule has 3 rings (SSSR count). The first-order valence-electron chi connectivity index (χ1n) is 7.00. The SMILES string of the molecule is NCc1ccc(N(C(=O)c2ccc(=O)[nH]c2)C2CC2)cc1. The summed E-state index contributed by atoms with van der Waals surface area (Å²) in [7, 11) is 0. The Kier molecular flexibility index (Phi) is 3.58. The predicted octanol–water partition coefficient (Wildman–Crippen LogP) is 1.64. The molecule has 5 nitrogen and oxygen atoms in total. The Labute approximate surface area is 122 Å². The minimum absolute atomic E-state index is 0.0887. The number of carbonyl (C=O) groups excluding carboxylic acids is 1. The number of amides is 1. The van der Waals surface area contributed by atoms with Gasteiger partial charge in [-0.1, -0.05) is 12.1 Å². The monoisotopic (exact) mass is 283 g/mol. The van der Waals surface area contributed by atoms with Gasteiger partial charge in [0.15, 0.2) is 0 Å². The number of pyridine rings is 1. The minimum atomic E-state index is -0.211. The maximum atomic E-state index is 12.7. The number of anilines is 1. The van der Waals surface area contributed by atoms with Gasteiger partial charge in [-0.15, -0.1) is 0 Å². The molecule has 0 aliphatic heterocycles. The van der Waals surface area contributed by atoms with Gasteiger partial charge in [-0.05, 0) is 36.6 Å². The molecule has 21 heavy (non-hydrogen) atoms. The first kappa shape index (κ1) is 13.6. The maximum Gasteiger partial charge on any atom is 0.260 e. The first-order valence-corrected chi connectivity index (χ1v) is 7.00. The Bertz CT molecular complexity index is 682. The van der Waals surface area contributed by atoms with Crippen LogP contribution in [0, 0.1) is 0 Å². The lowest BCUT2D eigenvalue weighted by atomic mass is 10.1. The van der Waals surface area contributed by atoms with Crippen molar-refractivity contribution in [2.75, 3.05) is 4.90 Å². The Morgan fingerprint density at radius 2 is 1.90 bits per heavy atom. The van der Waals surface area contributed by atoms with E-state index in [2.05, 4.69) is 4.98 Å². The lowest BCUT2D eigenvalue weighted by molar-refractivity contribution is 0.0985. The zero-order valence-electron chi connectivity index (χ0n) is 11.6. The smallest absolute Gasteiger partial charge is 0.260 e. The summed E-state index contributed by atoms with van der Waals surface area (Å²) >= 11 is 0. The van der Waals surface area contributed by atoms with Gasteiger partial charge in [-0.25, -0.2) is 0 Å². The fraction of sp³-hybridized carbons (Fsp3) is 0.250. The molecular formula is C16H17N3O2. The molecule has 0 radical (unpaired) electrons. The predicted molar refractivity (Wildman–Crippen MR) is 81.2 cm³/mol. The van der Waals surface area contributed by atoms with E-state index in [9.17, 15) is 9.59 Å². The zero-order chi connectivity index (χ0) is 14.8. The van der Waals surface area contributed by atoms with Gasteiger partial charge in [0.25, 0.3) is 5.91 Å². The maximum absolute atomic E-state index is 12.7. The summed E-state index contributed by atoms with van der Waals surface area (Å²) in [5.74, 6) is -0.0887. The van der Waals surface area contributed by atoms with E-state index < -0.39 is 0 Å². The largest absolute Gasteiger partial charge is 0.328 e. The number of aromatic nitrogens is 1. The van der Waals surface area contributed by atoms with Crippen LogP contribution in [0.25, 0.3) is 0 Å². The van der Waals surface area contributed by atoms with Crippen LogP contribution < -0.4 is 16.2 Å². The van der Waals surface area contributed by atoms with E-state index in [1.807, 2.05) is 24.3 Å². The number of nitrogens with two attached hydrogens (primary N) is 1. The van der Waals surface area contributed by atoms with Crippen molar-refractivity contribution in [1.29, 1.82) is 0 Å². The van der Waals surface area contributed by atoms with E-state index in [1.54, 1.807) is 11.0 Å². The standard InChI is InChI=1S/C16H17N3O2/c17-9-11-1-4-13(5-2-11)19(14-6-7-14)16(21)12-3-8-15(20)18-10-12/h1-5,8,10,14H,6-7,9,17H2,(H,18,20). The molecule has 0 saturated heterocycles. The van der Waals surface area contributed by atoms with Crippen LogP contribution in [0.4, 0.5) is 5.69 Å². The van der Waals surface area contributed by atoms with Crippen molar-refractivity contribution in [3.63, 3.8) is 0 Å². The van der Waals surface area contributed by atoms with Crippen molar-refractivity contribution in [3.8, 4) is 0 Å². The third kappa shape index (κ3) is 2.87. The third-order valence-electron chi connectivity index (χ3n) is 3.61. The minimum Gasteiger partial charge on any atom is -0.328 e. The molecule has 3 N–H and O–H groups in total. The molecule has 0 atom stereocenters. The molecule has 0 unspecified atom stereocenters. The van der Waals surface area contributed by atoms with E-state index in [0.29, 0.717) is 12.1 Å². The number of nitrogens with zero attached hydrogens (tertiary/aromatic N) is 1. The molecule has 1 aromatic carbocycles. The average Bonchev–Trinajstić information content (AvgIpc) is 3.33. The van der Waals surface area contributed by atoms with Crippen LogP contribution in [0.3, 0.4) is 0 Å². The highest BCUT2D eigenvalue weighted by Crippen LogP contribution is 2.33. The van der Waals surface area contributed by atoms with E-state index in [0.717, 1.165) is 24.1 Å². The van der Waals surface area contributed by atoms with E-state index in [1.165, 1.54) is 12.3 Å². The van der Waals surface area contributed by atoms with Gasteiger partial charge in [-0.2, -0.15) is 0 Å². The molecule has 0 bridgehead atoms. The van der Waals surface area contributed by atoms with Gasteiger partial charge < -0.3 is 15.6 Å². The molecule has 1 aromatic heterocycles. The number of carbonyl (C=O) groups is 1. The molecule has 1 aliphatic carbocycles. The summed E-state index contributed by atoms with van der Waals surface area (Å²) in [6.45, 7) is 0.484. The quantitative estimate of drug-likeness (QED) is 0.895. The van der Waals surface area contributed by atoms with Crippen LogP contribution in [-0.2, 0) is 6.54 Å². The molecule has 0 spiro atoms. The Balaban J connectivity index is 1.91. The third-order valence-corrected chi connectivity index (χ3v) is 3.61. The van der Waals surface area contributed by atoms with Crippen LogP contribution >= 0.6 is 0 Å². The number of nitrogens with one attached hydrogen (secondary N) is 1. The van der Waals surface area contributed by atoms with E-state index in [4.69, 9.17) is 5.73 Å². The fourth-order valence-corrected chi connectivity index (χ4v) is 2.30. The number of benzene rings is 1. The van der Waals surface area contributed by atoms with Crippen LogP contribution in [0.5, 0.6) is 0 Å². The van der Waals surface area contributed by atoms with Gasteiger partial charge in [0.1, 0.15) is 0 Å². The van der Waals surface area contributed by atoms with Crippen LogP contribution in [0.15, 0.2) is 47.4 Å². The van der Waals surface area contributed by atoms with Crippen molar-refractivity contribution in [1.82, 2.24) is 4.98 Å². The van der Waals surface area contributed by atoms with E-state index >= 15 is 0 Å². The molecule has 1 fully saturated rings. The van der Waals surface area contributed by atoms with Crippen molar-refractivity contribution in [2.24, 2.45) is 5.73 Å². The van der Waals surface area contributed by atoms with Crippen LogP contribution in [0.2, 0.25) is 0 Å². The Hall–Kier alpha value is -2.40. The second-order valence-corrected chi connectivity index (χ2v) is 5.22. The number of hydrogen-bond donors (Lipinski definition) is 2. The zero-order valence-corrected chi connectivity index (χ0v) is 11.6.